The van der Waals surface area contributed by atoms with Crippen LogP contribution in [0.5, 0.6) is 0 Å². The van der Waals surface area contributed by atoms with Gasteiger partial charge in [0.2, 0.25) is 17.6 Å². The molecule has 3 rings (SSSR count). The third-order valence-corrected chi connectivity index (χ3v) is 3.24. The van der Waals surface area contributed by atoms with Gasteiger partial charge in [-0.1, -0.05) is 18.2 Å². The van der Waals surface area contributed by atoms with Gasteiger partial charge in [0.15, 0.2) is 18.2 Å². The van der Waals surface area contributed by atoms with Gasteiger partial charge in [-0.15, -0.1) is 15.0 Å². The fourth-order valence-corrected chi connectivity index (χ4v) is 2.03. The number of nitrogen functional groups attached to an aromatic ring is 2. The van der Waals surface area contributed by atoms with Gasteiger partial charge in [0.1, 0.15) is 0 Å². The highest BCUT2D eigenvalue weighted by molar-refractivity contribution is 5.91. The fraction of sp³-hybridized carbons (Fsp3) is 0.200. The zero-order valence-corrected chi connectivity index (χ0v) is 14.2. The molecule has 0 atom stereocenters. The van der Waals surface area contributed by atoms with Gasteiger partial charge in [-0.2, -0.15) is 15.0 Å². The van der Waals surface area contributed by atoms with Crippen LogP contribution in [0.25, 0.3) is 5.69 Å². The average Bonchev–Trinajstić information content (AvgIpc) is 3.02. The van der Waals surface area contributed by atoms with Gasteiger partial charge in [-0.3, -0.25) is 0 Å². The van der Waals surface area contributed by atoms with E-state index in [0.29, 0.717) is 11.6 Å². The molecular formula is C15H17N9O2. The Balaban J connectivity index is 1.74. The zero-order valence-electron chi connectivity index (χ0n) is 14.2. The first kappa shape index (κ1) is 17.1. The number of benzene rings is 1. The summed E-state index contributed by atoms with van der Waals surface area (Å²) in [5.74, 6) is -0.177. The largest absolute Gasteiger partial charge is 0.453 e. The molecule has 11 nitrogen and oxygen atoms in total. The Labute approximate surface area is 148 Å². The van der Waals surface area contributed by atoms with E-state index in [-0.39, 0.29) is 29.9 Å². The van der Waals surface area contributed by atoms with Crippen molar-refractivity contribution in [3.8, 4) is 5.69 Å². The quantitative estimate of drug-likeness (QED) is 0.600. The normalized spacial score (nSPS) is 10.5. The lowest BCUT2D eigenvalue weighted by Gasteiger charge is -2.11. The second kappa shape index (κ2) is 7.01. The summed E-state index contributed by atoms with van der Waals surface area (Å²) in [4.78, 5) is 27.2. The van der Waals surface area contributed by atoms with Gasteiger partial charge in [-0.05, 0) is 12.1 Å². The number of nitrogens with two attached hydrogens (primary N) is 2. The molecule has 0 aliphatic carbocycles. The average molecular weight is 355 g/mol. The van der Waals surface area contributed by atoms with Crippen LogP contribution in [0.3, 0.4) is 0 Å². The number of ether oxygens (including phenoxy) is 1. The molecule has 2 aromatic heterocycles. The van der Waals surface area contributed by atoms with Crippen molar-refractivity contribution in [2.24, 2.45) is 0 Å². The molecule has 0 unspecified atom stereocenters. The van der Waals surface area contributed by atoms with E-state index < -0.39 is 5.97 Å². The Morgan fingerprint density at radius 1 is 1.12 bits per heavy atom. The van der Waals surface area contributed by atoms with Gasteiger partial charge in [0, 0.05) is 14.1 Å². The molecule has 134 valence electrons. The highest BCUT2D eigenvalue weighted by atomic mass is 16.5. The third kappa shape index (κ3) is 3.66. The second-order valence-corrected chi connectivity index (χ2v) is 5.44. The smallest absolute Gasteiger partial charge is 0.363 e. The van der Waals surface area contributed by atoms with Crippen LogP contribution in [0.15, 0.2) is 30.3 Å². The molecule has 0 aliphatic rings. The predicted octanol–water partition coefficient (Wildman–Crippen LogP) is 0.0397. The van der Waals surface area contributed by atoms with Crippen LogP contribution in [-0.2, 0) is 11.3 Å². The minimum Gasteiger partial charge on any atom is -0.453 e. The number of hydrogen-bond donors (Lipinski definition) is 2. The lowest BCUT2D eigenvalue weighted by molar-refractivity contribution is 0.0456. The molecule has 0 bridgehead atoms. The van der Waals surface area contributed by atoms with Crippen molar-refractivity contribution in [1.29, 1.82) is 0 Å². The molecule has 0 radical (unpaired) electrons. The summed E-state index contributed by atoms with van der Waals surface area (Å²) in [6, 6.07) is 9.06. The molecule has 1 aromatic carbocycles. The number of carbonyl (C=O) groups is 1. The fourth-order valence-electron chi connectivity index (χ4n) is 2.03. The summed E-state index contributed by atoms with van der Waals surface area (Å²) in [6.07, 6.45) is 0. The zero-order chi connectivity index (χ0) is 18.7. The van der Waals surface area contributed by atoms with Gasteiger partial charge in [0.25, 0.3) is 0 Å². The minimum atomic E-state index is -0.741. The van der Waals surface area contributed by atoms with Crippen LogP contribution in [0, 0.1) is 0 Å². The summed E-state index contributed by atoms with van der Waals surface area (Å²) in [6.45, 7) is -0.204. The summed E-state index contributed by atoms with van der Waals surface area (Å²) in [7, 11) is 3.51. The topological polar surface area (TPSA) is 151 Å². The Morgan fingerprint density at radius 3 is 2.54 bits per heavy atom. The van der Waals surface area contributed by atoms with Crippen molar-refractivity contribution < 1.29 is 9.53 Å². The van der Waals surface area contributed by atoms with Crippen molar-refractivity contribution >= 4 is 23.7 Å². The summed E-state index contributed by atoms with van der Waals surface area (Å²) in [5, 5.41) is 8.10. The van der Waals surface area contributed by atoms with E-state index in [1.807, 2.05) is 18.2 Å². The summed E-state index contributed by atoms with van der Waals surface area (Å²) >= 11 is 0. The molecule has 0 spiro atoms. The molecule has 0 saturated heterocycles. The molecule has 11 heteroatoms. The van der Waals surface area contributed by atoms with E-state index in [1.54, 1.807) is 31.1 Å². The molecule has 0 saturated carbocycles. The number of aromatic nitrogens is 6. The number of esters is 1. The van der Waals surface area contributed by atoms with Crippen molar-refractivity contribution in [3.63, 3.8) is 0 Å². The molecular weight excluding hydrogens is 338 g/mol. The van der Waals surface area contributed by atoms with Crippen LogP contribution in [0.4, 0.5) is 17.7 Å². The van der Waals surface area contributed by atoms with Gasteiger partial charge in [-0.25, -0.2) is 4.79 Å². The molecule has 4 N–H and O–H groups in total. The maximum Gasteiger partial charge on any atom is 0.363 e. The van der Waals surface area contributed by atoms with E-state index in [2.05, 4.69) is 25.1 Å². The Kier molecular flexibility index (Phi) is 4.60. The number of rotatable bonds is 5. The number of anilines is 3. The Bertz CT molecular complexity index is 924. The second-order valence-electron chi connectivity index (χ2n) is 5.44. The van der Waals surface area contributed by atoms with Crippen molar-refractivity contribution in [2.45, 2.75) is 6.61 Å². The number of para-hydroxylation sites is 1. The molecule has 26 heavy (non-hydrogen) atoms. The van der Waals surface area contributed by atoms with Crippen LogP contribution in [-0.4, -0.2) is 50.0 Å². The highest BCUT2D eigenvalue weighted by Gasteiger charge is 2.19. The number of nitrogens with zero attached hydrogens (tertiary/aromatic N) is 7. The van der Waals surface area contributed by atoms with Crippen molar-refractivity contribution in [2.75, 3.05) is 30.5 Å². The molecule has 0 fully saturated rings. The van der Waals surface area contributed by atoms with E-state index in [4.69, 9.17) is 16.2 Å². The third-order valence-electron chi connectivity index (χ3n) is 3.24. The van der Waals surface area contributed by atoms with E-state index >= 15 is 0 Å². The van der Waals surface area contributed by atoms with E-state index in [9.17, 15) is 4.79 Å². The molecule has 3 aromatic rings. The maximum atomic E-state index is 12.3. The van der Waals surface area contributed by atoms with Crippen LogP contribution >= 0.6 is 0 Å². The number of carbonyl (C=O) groups excluding carboxylic acids is 1. The van der Waals surface area contributed by atoms with Crippen LogP contribution in [0.2, 0.25) is 0 Å². The standard InChI is InChI=1S/C15H17N9O2/c1-23(2)15-19-10(18-14(17)20-15)8-26-13(25)11-12(16)22-24(21-11)9-6-4-3-5-7-9/h3-7H,8H2,1-2H3,(H2,16,22)(H2,17,18,19,20). The van der Waals surface area contributed by atoms with Gasteiger partial charge >= 0.3 is 5.97 Å². The summed E-state index contributed by atoms with van der Waals surface area (Å²) in [5.41, 5.74) is 12.0. The van der Waals surface area contributed by atoms with Gasteiger partial charge < -0.3 is 21.1 Å². The first-order valence-electron chi connectivity index (χ1n) is 7.57. The SMILES string of the molecule is CN(C)c1nc(N)nc(COC(=O)c2nn(-c3ccccc3)nc2N)n1. The van der Waals surface area contributed by atoms with Crippen LogP contribution in [0.1, 0.15) is 16.3 Å². The molecule has 2 heterocycles. The first-order chi connectivity index (χ1) is 12.4. The van der Waals surface area contributed by atoms with Crippen LogP contribution < -0.4 is 16.4 Å². The van der Waals surface area contributed by atoms with Crippen molar-refractivity contribution in [3.05, 3.63) is 41.9 Å². The number of hydrogen-bond acceptors (Lipinski definition) is 10. The first-order valence-corrected chi connectivity index (χ1v) is 7.57. The molecule has 0 amide bonds. The summed E-state index contributed by atoms with van der Waals surface area (Å²) < 4.78 is 5.17. The Hall–Kier alpha value is -3.76. The maximum absolute atomic E-state index is 12.3. The van der Waals surface area contributed by atoms with E-state index in [0.717, 1.165) is 0 Å². The molecule has 0 aliphatic heterocycles. The minimum absolute atomic E-state index is 0.0317. The monoisotopic (exact) mass is 355 g/mol. The Morgan fingerprint density at radius 2 is 1.85 bits per heavy atom. The highest BCUT2D eigenvalue weighted by Crippen LogP contribution is 2.13. The van der Waals surface area contributed by atoms with Gasteiger partial charge in [0.05, 0.1) is 5.69 Å². The lowest BCUT2D eigenvalue weighted by atomic mass is 10.3. The predicted molar refractivity (Wildman–Crippen MR) is 93.5 cm³/mol. The lowest BCUT2D eigenvalue weighted by Crippen LogP contribution is -2.17. The van der Waals surface area contributed by atoms with E-state index in [1.165, 1.54) is 4.80 Å². The van der Waals surface area contributed by atoms with Crippen molar-refractivity contribution in [1.82, 2.24) is 29.9 Å².